The summed E-state index contributed by atoms with van der Waals surface area (Å²) in [6.45, 7) is 7.96. The van der Waals surface area contributed by atoms with Crippen LogP contribution in [0.4, 0.5) is 4.39 Å². The smallest absolute Gasteiger partial charge is 0.190 e. The molecule has 0 bridgehead atoms. The van der Waals surface area contributed by atoms with Gasteiger partial charge in [0.15, 0.2) is 17.9 Å². The summed E-state index contributed by atoms with van der Waals surface area (Å²) in [5.74, 6) is -1.00. The minimum atomic E-state index is -0.792. The van der Waals surface area contributed by atoms with Gasteiger partial charge in [0.25, 0.3) is 0 Å². The van der Waals surface area contributed by atoms with Gasteiger partial charge in [0.05, 0.1) is 6.61 Å². The third-order valence-electron chi connectivity index (χ3n) is 5.51. The van der Waals surface area contributed by atoms with Crippen LogP contribution in [0, 0.1) is 5.82 Å². The first-order valence-corrected chi connectivity index (χ1v) is 10.8. The lowest BCUT2D eigenvalue weighted by molar-refractivity contribution is -0.218. The number of carbonyl (C=O) groups is 1. The van der Waals surface area contributed by atoms with Crippen LogP contribution in [0.15, 0.2) is 18.2 Å². The molecule has 0 unspecified atom stereocenters. The van der Waals surface area contributed by atoms with Crippen molar-refractivity contribution in [3.8, 4) is 0 Å². The van der Waals surface area contributed by atoms with Crippen molar-refractivity contribution in [2.75, 3.05) is 0 Å². The first-order valence-electron chi connectivity index (χ1n) is 10.8. The molecule has 2 aliphatic rings. The van der Waals surface area contributed by atoms with Gasteiger partial charge in [-0.3, -0.25) is 4.79 Å². The van der Waals surface area contributed by atoms with E-state index >= 15 is 0 Å². The third-order valence-corrected chi connectivity index (χ3v) is 5.51. The van der Waals surface area contributed by atoms with Crippen molar-refractivity contribution in [1.82, 2.24) is 0 Å². The molecule has 1 aromatic rings. The maximum atomic E-state index is 14.4. The van der Waals surface area contributed by atoms with Crippen molar-refractivity contribution in [3.05, 3.63) is 35.1 Å². The van der Waals surface area contributed by atoms with E-state index in [4.69, 9.17) is 18.9 Å². The van der Waals surface area contributed by atoms with Crippen molar-refractivity contribution < 1.29 is 28.1 Å². The van der Waals surface area contributed by atoms with Crippen LogP contribution in [0.1, 0.15) is 70.9 Å². The molecule has 0 spiro atoms. The predicted octanol–water partition coefficient (Wildman–Crippen LogP) is 4.69. The highest BCUT2D eigenvalue weighted by Gasteiger charge is 2.57. The standard InChI is InChI=1S/C23H33FO5/c1-5-7-11-16-15(10-9-12-17(16)24)14-26-20-19(18(25)13-8-6-2)27-22-21(20)28-23(3,4)29-22/h9-10,12,19-22H,5-8,11,13-14H2,1-4H3/t19-,20+,21-,22-/m1/s1. The Morgan fingerprint density at radius 2 is 1.93 bits per heavy atom. The van der Waals surface area contributed by atoms with Gasteiger partial charge in [0, 0.05) is 6.42 Å². The van der Waals surface area contributed by atoms with Gasteiger partial charge in [-0.05, 0) is 50.3 Å². The quantitative estimate of drug-likeness (QED) is 0.562. The van der Waals surface area contributed by atoms with Gasteiger partial charge in [0.2, 0.25) is 0 Å². The Balaban J connectivity index is 1.75. The SMILES string of the molecule is CCCCC(=O)[C@H]1O[C@@H]2OC(C)(C)O[C@@H]2[C@H]1OCc1cccc(F)c1CCCC. The second-order valence-corrected chi connectivity index (χ2v) is 8.35. The van der Waals surface area contributed by atoms with E-state index in [1.165, 1.54) is 6.07 Å². The topological polar surface area (TPSA) is 54.0 Å². The van der Waals surface area contributed by atoms with Crippen LogP contribution >= 0.6 is 0 Å². The maximum absolute atomic E-state index is 14.4. The van der Waals surface area contributed by atoms with Crippen LogP contribution in [0.5, 0.6) is 0 Å². The van der Waals surface area contributed by atoms with Crippen LogP contribution in [0.3, 0.4) is 0 Å². The average molecular weight is 409 g/mol. The number of halogens is 1. The molecule has 0 radical (unpaired) electrons. The van der Waals surface area contributed by atoms with Crippen LogP contribution in [-0.2, 0) is 36.8 Å². The number of carbonyl (C=O) groups excluding carboxylic acids is 1. The van der Waals surface area contributed by atoms with E-state index in [0.717, 1.165) is 31.2 Å². The molecule has 162 valence electrons. The van der Waals surface area contributed by atoms with Crippen molar-refractivity contribution >= 4 is 5.78 Å². The minimum Gasteiger partial charge on any atom is -0.367 e. The lowest BCUT2D eigenvalue weighted by Crippen LogP contribution is -2.40. The molecule has 0 amide bonds. The van der Waals surface area contributed by atoms with Crippen molar-refractivity contribution in [1.29, 1.82) is 0 Å². The van der Waals surface area contributed by atoms with Gasteiger partial charge in [-0.1, -0.05) is 38.8 Å². The summed E-state index contributed by atoms with van der Waals surface area (Å²) in [7, 11) is 0. The maximum Gasteiger partial charge on any atom is 0.190 e. The molecule has 2 fully saturated rings. The molecule has 2 heterocycles. The van der Waals surface area contributed by atoms with Crippen LogP contribution in [0.2, 0.25) is 0 Å². The summed E-state index contributed by atoms with van der Waals surface area (Å²) in [5, 5.41) is 0. The number of unbranched alkanes of at least 4 members (excludes halogenated alkanes) is 2. The molecule has 6 heteroatoms. The minimum absolute atomic E-state index is 0.00158. The number of ketones is 1. The van der Waals surface area contributed by atoms with Gasteiger partial charge in [0.1, 0.15) is 24.1 Å². The largest absolute Gasteiger partial charge is 0.367 e. The van der Waals surface area contributed by atoms with Crippen LogP contribution in [-0.4, -0.2) is 36.2 Å². The summed E-state index contributed by atoms with van der Waals surface area (Å²) in [6, 6.07) is 5.06. The Labute approximate surface area is 172 Å². The van der Waals surface area contributed by atoms with Gasteiger partial charge < -0.3 is 18.9 Å². The second-order valence-electron chi connectivity index (χ2n) is 8.35. The molecule has 29 heavy (non-hydrogen) atoms. The summed E-state index contributed by atoms with van der Waals surface area (Å²) >= 11 is 0. The van der Waals surface area contributed by atoms with Crippen molar-refractivity contribution in [3.63, 3.8) is 0 Å². The molecule has 0 saturated carbocycles. The van der Waals surface area contributed by atoms with E-state index in [-0.39, 0.29) is 18.2 Å². The summed E-state index contributed by atoms with van der Waals surface area (Å²) in [6.07, 6.45) is 2.34. The molecule has 2 saturated heterocycles. The molecule has 5 nitrogen and oxygen atoms in total. The van der Waals surface area contributed by atoms with E-state index in [0.29, 0.717) is 18.4 Å². The van der Waals surface area contributed by atoms with Gasteiger partial charge in [-0.2, -0.15) is 0 Å². The van der Waals surface area contributed by atoms with Crippen molar-refractivity contribution in [2.24, 2.45) is 0 Å². The van der Waals surface area contributed by atoms with Gasteiger partial charge in [-0.25, -0.2) is 4.39 Å². The highest BCUT2D eigenvalue weighted by Crippen LogP contribution is 2.39. The number of hydrogen-bond donors (Lipinski definition) is 0. The Bertz CT molecular complexity index is 705. The number of benzene rings is 1. The van der Waals surface area contributed by atoms with E-state index < -0.39 is 30.4 Å². The zero-order valence-corrected chi connectivity index (χ0v) is 17.9. The molecule has 1 aromatic carbocycles. The summed E-state index contributed by atoms with van der Waals surface area (Å²) < 4.78 is 38.2. The zero-order chi connectivity index (χ0) is 21.0. The number of fused-ring (bicyclic) bond motifs is 1. The van der Waals surface area contributed by atoms with Crippen molar-refractivity contribution in [2.45, 2.75) is 103 Å². The fourth-order valence-electron chi connectivity index (χ4n) is 3.97. The molecule has 0 aromatic heterocycles. The predicted molar refractivity (Wildman–Crippen MR) is 107 cm³/mol. The van der Waals surface area contributed by atoms with Crippen LogP contribution in [0.25, 0.3) is 0 Å². The lowest BCUT2D eigenvalue weighted by atomic mass is 10.0. The fourth-order valence-corrected chi connectivity index (χ4v) is 3.97. The average Bonchev–Trinajstić information content (AvgIpc) is 3.15. The van der Waals surface area contributed by atoms with Crippen LogP contribution < -0.4 is 0 Å². The Morgan fingerprint density at radius 3 is 2.66 bits per heavy atom. The monoisotopic (exact) mass is 408 g/mol. The Hall–Kier alpha value is -1.34. The lowest BCUT2D eigenvalue weighted by Gasteiger charge is -2.25. The van der Waals surface area contributed by atoms with Gasteiger partial charge in [-0.15, -0.1) is 0 Å². The Kier molecular flexibility index (Phi) is 7.43. The molecule has 2 aliphatic heterocycles. The summed E-state index contributed by atoms with van der Waals surface area (Å²) in [5.41, 5.74) is 1.49. The molecular formula is C23H33FO5. The highest BCUT2D eigenvalue weighted by molar-refractivity contribution is 5.84. The number of rotatable bonds is 10. The number of ether oxygens (including phenoxy) is 4. The first kappa shape index (κ1) is 22.3. The van der Waals surface area contributed by atoms with Gasteiger partial charge >= 0.3 is 0 Å². The normalized spacial score (nSPS) is 27.9. The molecule has 4 atom stereocenters. The van der Waals surface area contributed by atoms with E-state index in [2.05, 4.69) is 6.92 Å². The van der Waals surface area contributed by atoms with E-state index in [9.17, 15) is 9.18 Å². The number of hydrogen-bond acceptors (Lipinski definition) is 5. The first-order chi connectivity index (χ1) is 13.9. The molecule has 0 aliphatic carbocycles. The Morgan fingerprint density at radius 1 is 1.17 bits per heavy atom. The second kappa shape index (κ2) is 9.65. The third kappa shape index (κ3) is 5.23. The van der Waals surface area contributed by atoms with E-state index in [1.807, 2.05) is 26.8 Å². The number of Topliss-reactive ketones (excluding diaryl/α,β-unsaturated/α-hetero) is 1. The van der Waals surface area contributed by atoms with E-state index in [1.54, 1.807) is 6.07 Å². The molecule has 3 rings (SSSR count). The fraction of sp³-hybridized carbons (Fsp3) is 0.696. The highest BCUT2D eigenvalue weighted by atomic mass is 19.1. The summed E-state index contributed by atoms with van der Waals surface area (Å²) in [4.78, 5) is 12.7. The molecule has 0 N–H and O–H groups in total. The zero-order valence-electron chi connectivity index (χ0n) is 17.9. The molecular weight excluding hydrogens is 375 g/mol.